The van der Waals surface area contributed by atoms with Crippen molar-refractivity contribution in [3.8, 4) is 22.9 Å². The molecule has 4 aromatic rings. The zero-order chi connectivity index (χ0) is 21.8. The van der Waals surface area contributed by atoms with Gasteiger partial charge in [-0.05, 0) is 30.2 Å². The van der Waals surface area contributed by atoms with Crippen molar-refractivity contribution in [1.82, 2.24) is 18.8 Å². The Morgan fingerprint density at radius 1 is 1.25 bits per heavy atom. The number of methoxy groups -OCH3 is 1. The van der Waals surface area contributed by atoms with Gasteiger partial charge >= 0.3 is 0 Å². The van der Waals surface area contributed by atoms with Crippen molar-refractivity contribution < 1.29 is 14.6 Å². The molecule has 0 radical (unpaired) electrons. The molecule has 1 saturated heterocycles. The fourth-order valence-electron chi connectivity index (χ4n) is 4.60. The highest BCUT2D eigenvalue weighted by molar-refractivity contribution is 7.14. The SMILES string of the molecule is COc1nc2cc(CO)cc3c2nc1-c1cccc2c(=O)n(sc12)CCN1CCC(C1)O3. The van der Waals surface area contributed by atoms with E-state index >= 15 is 0 Å². The van der Waals surface area contributed by atoms with Gasteiger partial charge in [0.2, 0.25) is 5.88 Å². The number of aliphatic hydroxyl groups is 1. The molecule has 32 heavy (non-hydrogen) atoms. The molecular formula is C23H22N4O4S. The van der Waals surface area contributed by atoms with E-state index in [1.165, 1.54) is 11.5 Å². The van der Waals surface area contributed by atoms with E-state index in [0.717, 1.165) is 36.3 Å². The number of rotatable bonds is 2. The Hall–Kier alpha value is -3.01. The summed E-state index contributed by atoms with van der Waals surface area (Å²) in [7, 11) is 1.56. The second-order valence-electron chi connectivity index (χ2n) is 8.21. The number of aromatic nitrogens is 3. The van der Waals surface area contributed by atoms with Crippen LogP contribution < -0.4 is 15.0 Å². The molecule has 2 aromatic heterocycles. The first-order chi connectivity index (χ1) is 15.6. The Kier molecular flexibility index (Phi) is 4.63. The van der Waals surface area contributed by atoms with Gasteiger partial charge in [-0.1, -0.05) is 23.7 Å². The van der Waals surface area contributed by atoms with E-state index < -0.39 is 0 Å². The van der Waals surface area contributed by atoms with Crippen LogP contribution in [0.5, 0.6) is 11.6 Å². The summed E-state index contributed by atoms with van der Waals surface area (Å²) in [6, 6.07) is 9.33. The third-order valence-electron chi connectivity index (χ3n) is 6.21. The molecule has 164 valence electrons. The Labute approximate surface area is 187 Å². The van der Waals surface area contributed by atoms with Crippen molar-refractivity contribution in [2.75, 3.05) is 26.7 Å². The van der Waals surface area contributed by atoms with Crippen LogP contribution in [0.15, 0.2) is 35.1 Å². The smallest absolute Gasteiger partial charge is 0.268 e. The van der Waals surface area contributed by atoms with Gasteiger partial charge in [0.15, 0.2) is 0 Å². The first-order valence-corrected chi connectivity index (χ1v) is 11.4. The van der Waals surface area contributed by atoms with E-state index in [-0.39, 0.29) is 18.3 Å². The molecule has 0 spiro atoms. The summed E-state index contributed by atoms with van der Waals surface area (Å²) in [4.78, 5) is 25.1. The van der Waals surface area contributed by atoms with Crippen LogP contribution >= 0.6 is 11.5 Å². The number of hydrogen-bond acceptors (Lipinski definition) is 8. The second-order valence-corrected chi connectivity index (χ2v) is 9.24. The van der Waals surface area contributed by atoms with Crippen LogP contribution in [0.1, 0.15) is 12.0 Å². The maximum absolute atomic E-state index is 13.1. The van der Waals surface area contributed by atoms with Crippen molar-refractivity contribution in [3.05, 3.63) is 46.2 Å². The largest absolute Gasteiger partial charge is 0.487 e. The minimum Gasteiger partial charge on any atom is -0.487 e. The standard InChI is InChI=1S/C23H22N4O4S/c1-30-22-19-15-3-2-4-16-21(15)32-27(23(16)29)8-7-26-6-5-14(11-26)31-18-10-13(12-28)9-17(24-22)20(18)25-19/h2-4,9-10,14,28H,5-8,11-12H2,1H3. The van der Waals surface area contributed by atoms with Crippen LogP contribution in [0.3, 0.4) is 0 Å². The van der Waals surface area contributed by atoms with Gasteiger partial charge in [0.1, 0.15) is 23.1 Å². The van der Waals surface area contributed by atoms with Gasteiger partial charge in [-0.3, -0.25) is 13.7 Å². The lowest BCUT2D eigenvalue weighted by molar-refractivity contribution is 0.200. The zero-order valence-corrected chi connectivity index (χ0v) is 18.4. The van der Waals surface area contributed by atoms with Crippen LogP contribution in [0.25, 0.3) is 32.4 Å². The van der Waals surface area contributed by atoms with Crippen molar-refractivity contribution in [1.29, 1.82) is 0 Å². The summed E-state index contributed by atoms with van der Waals surface area (Å²) >= 11 is 1.46. The molecule has 6 bridgehead atoms. The molecule has 9 heteroatoms. The molecule has 2 unspecified atom stereocenters. The summed E-state index contributed by atoms with van der Waals surface area (Å²) in [6.45, 7) is 3.01. The fraction of sp³-hybridized carbons (Fsp3) is 0.348. The number of benzene rings is 2. The van der Waals surface area contributed by atoms with Gasteiger partial charge in [0.25, 0.3) is 5.56 Å². The minimum absolute atomic E-state index is 0.0148. The lowest BCUT2D eigenvalue weighted by Crippen LogP contribution is -2.29. The average Bonchev–Trinajstić information content (AvgIpc) is 3.40. The Morgan fingerprint density at radius 3 is 3.00 bits per heavy atom. The normalized spacial score (nSPS) is 20.1. The molecule has 1 N–H and O–H groups in total. The highest BCUT2D eigenvalue weighted by atomic mass is 32.1. The van der Waals surface area contributed by atoms with Gasteiger partial charge in [0.05, 0.1) is 29.3 Å². The van der Waals surface area contributed by atoms with Gasteiger partial charge in [-0.2, -0.15) is 0 Å². The number of nitrogens with zero attached hydrogens (tertiary/aromatic N) is 4. The molecule has 0 saturated carbocycles. The van der Waals surface area contributed by atoms with Gasteiger partial charge in [-0.15, -0.1) is 0 Å². The number of ether oxygens (including phenoxy) is 2. The quantitative estimate of drug-likeness (QED) is 0.502. The Morgan fingerprint density at radius 2 is 2.16 bits per heavy atom. The van der Waals surface area contributed by atoms with E-state index in [1.807, 2.05) is 28.2 Å². The fourth-order valence-corrected chi connectivity index (χ4v) is 5.69. The highest BCUT2D eigenvalue weighted by Gasteiger charge is 2.27. The maximum Gasteiger partial charge on any atom is 0.268 e. The first-order valence-electron chi connectivity index (χ1n) is 10.7. The molecular weight excluding hydrogens is 428 g/mol. The zero-order valence-electron chi connectivity index (χ0n) is 17.6. The molecule has 8 nitrogen and oxygen atoms in total. The predicted octanol–water partition coefficient (Wildman–Crippen LogP) is 2.64. The maximum atomic E-state index is 13.1. The van der Waals surface area contributed by atoms with Crippen molar-refractivity contribution >= 4 is 32.7 Å². The summed E-state index contributed by atoms with van der Waals surface area (Å²) < 4.78 is 14.7. The molecule has 2 aliphatic rings. The predicted molar refractivity (Wildman–Crippen MR) is 123 cm³/mol. The van der Waals surface area contributed by atoms with Crippen LogP contribution in [-0.4, -0.2) is 56.8 Å². The molecule has 1 fully saturated rings. The van der Waals surface area contributed by atoms with Gasteiger partial charge in [0, 0.05) is 31.7 Å². The number of fused-ring (bicyclic) bond motifs is 5. The Balaban J connectivity index is 1.68. The number of aliphatic hydroxyl groups excluding tert-OH is 1. The molecule has 0 aliphatic carbocycles. The van der Waals surface area contributed by atoms with E-state index in [0.29, 0.717) is 45.9 Å². The van der Waals surface area contributed by atoms with E-state index in [2.05, 4.69) is 4.90 Å². The summed E-state index contributed by atoms with van der Waals surface area (Å²) in [5.74, 6) is 0.988. The molecule has 2 aromatic carbocycles. The molecule has 2 aliphatic heterocycles. The Bertz CT molecular complexity index is 1410. The molecule has 4 heterocycles. The monoisotopic (exact) mass is 450 g/mol. The average molecular weight is 451 g/mol. The third kappa shape index (κ3) is 3.08. The lowest BCUT2D eigenvalue weighted by Gasteiger charge is -2.19. The highest BCUT2D eigenvalue weighted by Crippen LogP contribution is 2.38. The summed E-state index contributed by atoms with van der Waals surface area (Å²) in [6.07, 6.45) is 0.909. The first kappa shape index (κ1) is 19.7. The van der Waals surface area contributed by atoms with Crippen LogP contribution in [0, 0.1) is 0 Å². The van der Waals surface area contributed by atoms with E-state index in [9.17, 15) is 9.90 Å². The second kappa shape index (κ2) is 7.54. The van der Waals surface area contributed by atoms with Crippen LogP contribution in [0.4, 0.5) is 0 Å². The molecule has 6 rings (SSSR count). The van der Waals surface area contributed by atoms with Crippen molar-refractivity contribution in [2.24, 2.45) is 0 Å². The van der Waals surface area contributed by atoms with Gasteiger partial charge in [-0.25, -0.2) is 9.97 Å². The van der Waals surface area contributed by atoms with Crippen LogP contribution in [-0.2, 0) is 13.2 Å². The lowest BCUT2D eigenvalue weighted by atomic mass is 10.1. The van der Waals surface area contributed by atoms with E-state index in [4.69, 9.17) is 19.4 Å². The van der Waals surface area contributed by atoms with E-state index in [1.54, 1.807) is 13.2 Å². The van der Waals surface area contributed by atoms with Crippen molar-refractivity contribution in [3.63, 3.8) is 0 Å². The summed E-state index contributed by atoms with van der Waals surface area (Å²) in [5, 5.41) is 10.5. The number of hydrogen-bond donors (Lipinski definition) is 1. The van der Waals surface area contributed by atoms with Crippen LogP contribution in [0.2, 0.25) is 0 Å². The van der Waals surface area contributed by atoms with Gasteiger partial charge < -0.3 is 14.6 Å². The van der Waals surface area contributed by atoms with Crippen molar-refractivity contribution in [2.45, 2.75) is 25.7 Å². The third-order valence-corrected chi connectivity index (χ3v) is 7.40. The summed E-state index contributed by atoms with van der Waals surface area (Å²) in [5.41, 5.74) is 3.35. The molecule has 0 amide bonds. The topological polar surface area (TPSA) is 89.7 Å². The molecule has 2 atom stereocenters. The minimum atomic E-state index is -0.115.